The molecule has 0 fully saturated rings. The largest absolute Gasteiger partial charge is 0.493 e. The Labute approximate surface area is 155 Å². The Kier molecular flexibility index (Phi) is 6.57. The van der Waals surface area contributed by atoms with E-state index in [1.807, 2.05) is 24.3 Å². The summed E-state index contributed by atoms with van der Waals surface area (Å²) >= 11 is 5.04. The van der Waals surface area contributed by atoms with E-state index in [1.165, 1.54) is 22.9 Å². The molecule has 0 unspecified atom stereocenters. The Morgan fingerprint density at radius 2 is 1.62 bits per heavy atom. The number of aliphatic imine (C=N–C) groups is 1. The summed E-state index contributed by atoms with van der Waals surface area (Å²) in [7, 11) is 3.24. The average Bonchev–Trinajstić information content (AvgIpc) is 2.52. The number of hydrogen-bond donors (Lipinski definition) is 1. The number of rotatable bonds is 5. The van der Waals surface area contributed by atoms with Gasteiger partial charge in [-0.2, -0.15) is 0 Å². The molecule has 128 valence electrons. The van der Waals surface area contributed by atoms with Gasteiger partial charge in [0.25, 0.3) is 0 Å². The third-order valence-electron chi connectivity index (χ3n) is 3.37. The van der Waals surface area contributed by atoms with Crippen molar-refractivity contribution < 1.29 is 9.47 Å². The van der Waals surface area contributed by atoms with Gasteiger partial charge in [-0.05, 0) is 54.8 Å². The first-order valence-electron chi connectivity index (χ1n) is 7.38. The van der Waals surface area contributed by atoms with Gasteiger partial charge in [0.2, 0.25) is 0 Å². The van der Waals surface area contributed by atoms with Gasteiger partial charge in [0.05, 0.1) is 19.9 Å². The van der Waals surface area contributed by atoms with Crippen LogP contribution in [0.5, 0.6) is 11.5 Å². The molecule has 0 aliphatic carbocycles. The van der Waals surface area contributed by atoms with E-state index >= 15 is 0 Å². The lowest BCUT2D eigenvalue weighted by Gasteiger charge is -2.11. The molecule has 4 nitrogen and oxygen atoms in total. The van der Waals surface area contributed by atoms with Crippen molar-refractivity contribution in [2.45, 2.75) is 19.6 Å². The first-order chi connectivity index (χ1) is 11.4. The zero-order valence-corrected chi connectivity index (χ0v) is 16.6. The van der Waals surface area contributed by atoms with Crippen molar-refractivity contribution in [1.29, 1.82) is 0 Å². The summed E-state index contributed by atoms with van der Waals surface area (Å²) in [6, 6.07) is 9.99. The summed E-state index contributed by atoms with van der Waals surface area (Å²) in [5.74, 6) is 2.07. The number of nitrogens with zero attached hydrogens (tertiary/aromatic N) is 1. The topological polar surface area (TPSA) is 56.8 Å². The summed E-state index contributed by atoms with van der Waals surface area (Å²) in [5.41, 5.74) is 10.4. The van der Waals surface area contributed by atoms with Gasteiger partial charge in [0.1, 0.15) is 0 Å². The van der Waals surface area contributed by atoms with Crippen molar-refractivity contribution in [1.82, 2.24) is 0 Å². The molecule has 2 aromatic carbocycles. The van der Waals surface area contributed by atoms with Gasteiger partial charge in [-0.15, -0.1) is 0 Å². The lowest BCUT2D eigenvalue weighted by Crippen LogP contribution is -2.06. The SMILES string of the molecule is COc1cc(Br)c(CSC(N)=Nc2cc(C)cc(C)c2)cc1OC. The monoisotopic (exact) mass is 408 g/mol. The van der Waals surface area contributed by atoms with Gasteiger partial charge >= 0.3 is 0 Å². The number of amidine groups is 1. The van der Waals surface area contributed by atoms with E-state index in [9.17, 15) is 0 Å². The van der Waals surface area contributed by atoms with Crippen molar-refractivity contribution >= 4 is 38.5 Å². The summed E-state index contributed by atoms with van der Waals surface area (Å²) in [4.78, 5) is 4.49. The lowest BCUT2D eigenvalue weighted by molar-refractivity contribution is 0.354. The predicted molar refractivity (Wildman–Crippen MR) is 106 cm³/mol. The Hall–Kier alpha value is -1.66. The second-order valence-electron chi connectivity index (χ2n) is 5.38. The number of aryl methyl sites for hydroxylation is 2. The van der Waals surface area contributed by atoms with Crippen LogP contribution in [-0.4, -0.2) is 19.4 Å². The standard InChI is InChI=1S/C18H21BrN2O2S/c1-11-5-12(2)7-14(6-11)21-18(20)24-10-13-8-16(22-3)17(23-4)9-15(13)19/h5-9H,10H2,1-4H3,(H2,20,21). The first-order valence-corrected chi connectivity index (χ1v) is 9.16. The van der Waals surface area contributed by atoms with E-state index in [0.29, 0.717) is 22.4 Å². The molecule has 2 rings (SSSR count). The van der Waals surface area contributed by atoms with Gasteiger partial charge in [-0.1, -0.05) is 33.8 Å². The minimum absolute atomic E-state index is 0.529. The molecule has 0 atom stereocenters. The minimum Gasteiger partial charge on any atom is -0.493 e. The number of thioether (sulfide) groups is 1. The van der Waals surface area contributed by atoms with Crippen LogP contribution in [0.2, 0.25) is 0 Å². The molecule has 2 aromatic rings. The van der Waals surface area contributed by atoms with E-state index in [2.05, 4.69) is 40.8 Å². The fourth-order valence-electron chi connectivity index (χ4n) is 2.33. The van der Waals surface area contributed by atoms with E-state index in [4.69, 9.17) is 15.2 Å². The Balaban J connectivity index is 2.13. The molecule has 2 N–H and O–H groups in total. The van der Waals surface area contributed by atoms with Crippen LogP contribution in [-0.2, 0) is 5.75 Å². The molecule has 0 aliphatic heterocycles. The molecule has 0 bridgehead atoms. The Morgan fingerprint density at radius 3 is 2.21 bits per heavy atom. The molecule has 0 aliphatic rings. The van der Waals surface area contributed by atoms with Crippen molar-refractivity contribution in [3.63, 3.8) is 0 Å². The van der Waals surface area contributed by atoms with E-state index < -0.39 is 0 Å². The molecular formula is C18H21BrN2O2S. The normalized spacial score (nSPS) is 11.5. The average molecular weight is 409 g/mol. The maximum absolute atomic E-state index is 6.07. The molecule has 0 amide bonds. The molecule has 0 saturated heterocycles. The lowest BCUT2D eigenvalue weighted by atomic mass is 10.1. The van der Waals surface area contributed by atoms with Gasteiger partial charge in [0.15, 0.2) is 16.7 Å². The van der Waals surface area contributed by atoms with Gasteiger partial charge < -0.3 is 15.2 Å². The summed E-state index contributed by atoms with van der Waals surface area (Å²) < 4.78 is 11.6. The van der Waals surface area contributed by atoms with Gasteiger partial charge in [-0.25, -0.2) is 4.99 Å². The number of hydrogen-bond acceptors (Lipinski definition) is 4. The molecule has 0 radical (unpaired) electrons. The minimum atomic E-state index is 0.529. The van der Waals surface area contributed by atoms with Crippen LogP contribution in [0.1, 0.15) is 16.7 Å². The van der Waals surface area contributed by atoms with Gasteiger partial charge in [0, 0.05) is 10.2 Å². The predicted octanol–water partition coefficient (Wildman–Crippen LogP) is 4.96. The first kappa shape index (κ1) is 18.7. The van der Waals surface area contributed by atoms with Crippen molar-refractivity contribution in [3.05, 3.63) is 51.5 Å². The van der Waals surface area contributed by atoms with E-state index in [-0.39, 0.29) is 0 Å². The highest BCUT2D eigenvalue weighted by Crippen LogP contribution is 2.35. The second kappa shape index (κ2) is 8.44. The number of benzene rings is 2. The van der Waals surface area contributed by atoms with Crippen LogP contribution in [0.25, 0.3) is 0 Å². The molecule has 0 spiro atoms. The van der Waals surface area contributed by atoms with Crippen LogP contribution in [0.4, 0.5) is 5.69 Å². The van der Waals surface area contributed by atoms with Crippen molar-refractivity contribution in [3.8, 4) is 11.5 Å². The second-order valence-corrected chi connectivity index (χ2v) is 7.23. The fraction of sp³-hybridized carbons (Fsp3) is 0.278. The Bertz CT molecular complexity index is 743. The van der Waals surface area contributed by atoms with Gasteiger partial charge in [-0.3, -0.25) is 0 Å². The number of methoxy groups -OCH3 is 2. The number of halogens is 1. The smallest absolute Gasteiger partial charge is 0.161 e. The third-order valence-corrected chi connectivity index (χ3v) is 4.95. The number of nitrogens with two attached hydrogens (primary N) is 1. The van der Waals surface area contributed by atoms with Crippen LogP contribution >= 0.6 is 27.7 Å². The van der Waals surface area contributed by atoms with Crippen LogP contribution in [0.3, 0.4) is 0 Å². The maximum Gasteiger partial charge on any atom is 0.161 e. The molecular weight excluding hydrogens is 388 g/mol. The summed E-state index contributed by atoms with van der Waals surface area (Å²) in [6.07, 6.45) is 0. The zero-order chi connectivity index (χ0) is 17.7. The zero-order valence-electron chi connectivity index (χ0n) is 14.2. The van der Waals surface area contributed by atoms with Crippen LogP contribution in [0.15, 0.2) is 39.8 Å². The quantitative estimate of drug-likeness (QED) is 0.560. The number of ether oxygens (including phenoxy) is 2. The van der Waals surface area contributed by atoms with E-state index in [1.54, 1.807) is 14.2 Å². The highest BCUT2D eigenvalue weighted by molar-refractivity contribution is 9.10. The maximum atomic E-state index is 6.07. The third kappa shape index (κ3) is 4.92. The molecule has 0 heterocycles. The highest BCUT2D eigenvalue weighted by atomic mass is 79.9. The molecule has 0 aromatic heterocycles. The van der Waals surface area contributed by atoms with Crippen LogP contribution in [0, 0.1) is 13.8 Å². The van der Waals surface area contributed by atoms with E-state index in [0.717, 1.165) is 15.7 Å². The van der Waals surface area contributed by atoms with Crippen molar-refractivity contribution in [2.24, 2.45) is 10.7 Å². The highest BCUT2D eigenvalue weighted by Gasteiger charge is 2.10. The van der Waals surface area contributed by atoms with Crippen LogP contribution < -0.4 is 15.2 Å². The summed E-state index contributed by atoms with van der Waals surface area (Å²) in [5, 5.41) is 0.529. The molecule has 0 saturated carbocycles. The van der Waals surface area contributed by atoms with Crippen molar-refractivity contribution in [2.75, 3.05) is 14.2 Å². The molecule has 24 heavy (non-hydrogen) atoms. The molecule has 6 heteroatoms. The fourth-order valence-corrected chi connectivity index (χ4v) is 3.69. The Morgan fingerprint density at radius 1 is 1.04 bits per heavy atom. The summed E-state index contributed by atoms with van der Waals surface area (Å²) in [6.45, 7) is 4.10.